The Kier molecular flexibility index (Phi) is 9.40. The van der Waals surface area contributed by atoms with E-state index in [0.717, 1.165) is 6.61 Å². The van der Waals surface area contributed by atoms with E-state index in [0.29, 0.717) is 0 Å². The summed E-state index contributed by atoms with van der Waals surface area (Å²) in [5.41, 5.74) is 1.70. The summed E-state index contributed by atoms with van der Waals surface area (Å²) in [4.78, 5) is 0. The molecule has 0 heterocycles. The third kappa shape index (κ3) is 8.43. The monoisotopic (exact) mass is 238 g/mol. The SMILES string of the molecule is COCCCC1=CCCCCCCCCCC1. The average Bonchev–Trinajstić information content (AvgIpc) is 2.32. The first-order chi connectivity index (χ1) is 8.43. The molecule has 1 nitrogen and oxygen atoms in total. The van der Waals surface area contributed by atoms with Crippen LogP contribution in [0.1, 0.15) is 77.0 Å². The molecule has 17 heavy (non-hydrogen) atoms. The lowest BCUT2D eigenvalue weighted by Crippen LogP contribution is -1.93. The summed E-state index contributed by atoms with van der Waals surface area (Å²) < 4.78 is 5.14. The fourth-order valence-electron chi connectivity index (χ4n) is 2.64. The van der Waals surface area contributed by atoms with Gasteiger partial charge in [-0.05, 0) is 38.5 Å². The highest BCUT2D eigenvalue weighted by molar-refractivity contribution is 5.02. The van der Waals surface area contributed by atoms with E-state index in [4.69, 9.17) is 4.74 Å². The zero-order valence-electron chi connectivity index (χ0n) is 11.7. The molecule has 0 spiro atoms. The van der Waals surface area contributed by atoms with Gasteiger partial charge in [0, 0.05) is 13.7 Å². The average molecular weight is 238 g/mol. The Labute approximate surface area is 108 Å². The number of hydrogen-bond donors (Lipinski definition) is 0. The molecule has 0 radical (unpaired) electrons. The van der Waals surface area contributed by atoms with Gasteiger partial charge >= 0.3 is 0 Å². The Morgan fingerprint density at radius 1 is 0.941 bits per heavy atom. The van der Waals surface area contributed by atoms with Crippen molar-refractivity contribution in [2.24, 2.45) is 0 Å². The van der Waals surface area contributed by atoms with Gasteiger partial charge in [0.05, 0.1) is 0 Å². The van der Waals surface area contributed by atoms with E-state index in [1.165, 1.54) is 77.0 Å². The van der Waals surface area contributed by atoms with Crippen LogP contribution in [-0.4, -0.2) is 13.7 Å². The van der Waals surface area contributed by atoms with Crippen molar-refractivity contribution in [3.8, 4) is 0 Å². The van der Waals surface area contributed by atoms with Crippen LogP contribution in [0, 0.1) is 0 Å². The number of rotatable bonds is 4. The van der Waals surface area contributed by atoms with Gasteiger partial charge in [-0.15, -0.1) is 0 Å². The molecule has 1 heteroatoms. The summed E-state index contributed by atoms with van der Waals surface area (Å²) in [6.07, 6.45) is 19.1. The maximum Gasteiger partial charge on any atom is 0.0465 e. The lowest BCUT2D eigenvalue weighted by atomic mass is 9.98. The van der Waals surface area contributed by atoms with Gasteiger partial charge in [-0.1, -0.05) is 50.2 Å². The molecule has 0 saturated carbocycles. The van der Waals surface area contributed by atoms with Crippen molar-refractivity contribution in [2.45, 2.75) is 77.0 Å². The highest BCUT2D eigenvalue weighted by Crippen LogP contribution is 2.19. The molecule has 1 rings (SSSR count). The molecule has 0 saturated heterocycles. The molecular formula is C16H30O. The van der Waals surface area contributed by atoms with Crippen LogP contribution in [0.5, 0.6) is 0 Å². The van der Waals surface area contributed by atoms with Crippen LogP contribution in [0.2, 0.25) is 0 Å². The van der Waals surface area contributed by atoms with Gasteiger partial charge in [0.2, 0.25) is 0 Å². The second kappa shape index (κ2) is 10.8. The summed E-state index contributed by atoms with van der Waals surface area (Å²) in [6, 6.07) is 0. The normalized spacial score (nSPS) is 20.2. The van der Waals surface area contributed by atoms with E-state index in [1.807, 2.05) is 0 Å². The Hall–Kier alpha value is -0.300. The fraction of sp³-hybridized carbons (Fsp3) is 0.875. The predicted octanol–water partition coefficient (Wildman–Crippen LogP) is 5.25. The molecule has 0 fully saturated rings. The number of methoxy groups -OCH3 is 1. The quantitative estimate of drug-likeness (QED) is 0.480. The van der Waals surface area contributed by atoms with Crippen LogP contribution in [-0.2, 0) is 4.74 Å². The minimum Gasteiger partial charge on any atom is -0.385 e. The van der Waals surface area contributed by atoms with E-state index < -0.39 is 0 Å². The second-order valence-corrected chi connectivity index (χ2v) is 5.33. The van der Waals surface area contributed by atoms with Crippen LogP contribution in [0.4, 0.5) is 0 Å². The summed E-state index contributed by atoms with van der Waals surface area (Å²) in [5, 5.41) is 0. The molecule has 0 unspecified atom stereocenters. The molecule has 1 aliphatic carbocycles. The van der Waals surface area contributed by atoms with Crippen molar-refractivity contribution in [1.82, 2.24) is 0 Å². The van der Waals surface area contributed by atoms with E-state index in [1.54, 1.807) is 12.7 Å². The van der Waals surface area contributed by atoms with E-state index in [-0.39, 0.29) is 0 Å². The summed E-state index contributed by atoms with van der Waals surface area (Å²) in [7, 11) is 1.80. The van der Waals surface area contributed by atoms with Crippen LogP contribution < -0.4 is 0 Å². The zero-order valence-corrected chi connectivity index (χ0v) is 11.7. The Balaban J connectivity index is 2.28. The first-order valence-electron chi connectivity index (χ1n) is 7.60. The summed E-state index contributed by atoms with van der Waals surface area (Å²) in [5.74, 6) is 0. The highest BCUT2D eigenvalue weighted by Gasteiger charge is 2.00. The van der Waals surface area contributed by atoms with Gasteiger partial charge in [-0.3, -0.25) is 0 Å². The molecule has 0 N–H and O–H groups in total. The predicted molar refractivity (Wildman–Crippen MR) is 75.4 cm³/mol. The molecule has 0 aromatic carbocycles. The second-order valence-electron chi connectivity index (χ2n) is 5.33. The molecule has 1 aliphatic rings. The van der Waals surface area contributed by atoms with Crippen molar-refractivity contribution in [3.05, 3.63) is 11.6 Å². The molecule has 0 aliphatic heterocycles. The van der Waals surface area contributed by atoms with Crippen LogP contribution in [0.3, 0.4) is 0 Å². The first kappa shape index (κ1) is 14.8. The molecule has 100 valence electrons. The van der Waals surface area contributed by atoms with E-state index in [2.05, 4.69) is 6.08 Å². The van der Waals surface area contributed by atoms with Crippen molar-refractivity contribution in [2.75, 3.05) is 13.7 Å². The molecule has 0 amide bonds. The largest absolute Gasteiger partial charge is 0.385 e. The van der Waals surface area contributed by atoms with E-state index >= 15 is 0 Å². The molecule has 0 aromatic rings. The lowest BCUT2D eigenvalue weighted by Gasteiger charge is -2.09. The Morgan fingerprint density at radius 3 is 2.29 bits per heavy atom. The topological polar surface area (TPSA) is 9.23 Å². The Bertz CT molecular complexity index is 196. The van der Waals surface area contributed by atoms with Gasteiger partial charge in [0.15, 0.2) is 0 Å². The van der Waals surface area contributed by atoms with Gasteiger partial charge in [-0.2, -0.15) is 0 Å². The summed E-state index contributed by atoms with van der Waals surface area (Å²) >= 11 is 0. The third-order valence-corrected chi connectivity index (χ3v) is 3.73. The molecule has 0 bridgehead atoms. The van der Waals surface area contributed by atoms with Crippen molar-refractivity contribution in [1.29, 1.82) is 0 Å². The minimum atomic E-state index is 0.914. The van der Waals surface area contributed by atoms with Crippen LogP contribution in [0.15, 0.2) is 11.6 Å². The van der Waals surface area contributed by atoms with Gasteiger partial charge in [0.1, 0.15) is 0 Å². The van der Waals surface area contributed by atoms with Gasteiger partial charge in [-0.25, -0.2) is 0 Å². The third-order valence-electron chi connectivity index (χ3n) is 3.73. The van der Waals surface area contributed by atoms with Crippen LogP contribution in [0.25, 0.3) is 0 Å². The molecular weight excluding hydrogens is 208 g/mol. The first-order valence-corrected chi connectivity index (χ1v) is 7.60. The van der Waals surface area contributed by atoms with Crippen molar-refractivity contribution < 1.29 is 4.74 Å². The molecule has 0 atom stereocenters. The van der Waals surface area contributed by atoms with Crippen molar-refractivity contribution in [3.63, 3.8) is 0 Å². The number of allylic oxidation sites excluding steroid dienone is 2. The van der Waals surface area contributed by atoms with Crippen molar-refractivity contribution >= 4 is 0 Å². The van der Waals surface area contributed by atoms with Crippen LogP contribution >= 0.6 is 0 Å². The highest BCUT2D eigenvalue weighted by atomic mass is 16.5. The lowest BCUT2D eigenvalue weighted by molar-refractivity contribution is 0.195. The van der Waals surface area contributed by atoms with E-state index in [9.17, 15) is 0 Å². The molecule has 0 aromatic heterocycles. The number of ether oxygens (including phenoxy) is 1. The maximum absolute atomic E-state index is 5.14. The van der Waals surface area contributed by atoms with Gasteiger partial charge < -0.3 is 4.74 Å². The maximum atomic E-state index is 5.14. The zero-order chi connectivity index (χ0) is 12.2. The smallest absolute Gasteiger partial charge is 0.0465 e. The standard InChI is InChI=1S/C16H30O/c1-17-15-11-14-16-12-9-7-5-3-2-4-6-8-10-13-16/h12H,2-11,13-15H2,1H3. The Morgan fingerprint density at radius 2 is 1.59 bits per heavy atom. The minimum absolute atomic E-state index is 0.914. The summed E-state index contributed by atoms with van der Waals surface area (Å²) in [6.45, 7) is 0.914. The number of hydrogen-bond acceptors (Lipinski definition) is 1. The fourth-order valence-corrected chi connectivity index (χ4v) is 2.64. The van der Waals surface area contributed by atoms with Gasteiger partial charge in [0.25, 0.3) is 0 Å².